The van der Waals surface area contributed by atoms with E-state index in [-0.39, 0.29) is 6.04 Å². The van der Waals surface area contributed by atoms with Gasteiger partial charge in [-0.25, -0.2) is 4.79 Å². The molecule has 0 bridgehead atoms. The number of hydrogen-bond donors (Lipinski definition) is 1. The number of nitrogens with zero attached hydrogens (tertiary/aromatic N) is 1. The van der Waals surface area contributed by atoms with E-state index in [1.54, 1.807) is 26.4 Å². The summed E-state index contributed by atoms with van der Waals surface area (Å²) in [4.78, 5) is 12.6. The van der Waals surface area contributed by atoms with E-state index < -0.39 is 5.97 Å². The quantitative estimate of drug-likeness (QED) is 0.797. The molecule has 1 aromatic carbocycles. The van der Waals surface area contributed by atoms with E-state index in [4.69, 9.17) is 14.6 Å². The van der Waals surface area contributed by atoms with Crippen LogP contribution in [0.2, 0.25) is 0 Å². The molecule has 0 fully saturated rings. The van der Waals surface area contributed by atoms with Crippen LogP contribution in [0.4, 0.5) is 0 Å². The zero-order chi connectivity index (χ0) is 14.4. The fourth-order valence-corrected chi connectivity index (χ4v) is 1.79. The number of benzene rings is 1. The van der Waals surface area contributed by atoms with Gasteiger partial charge >= 0.3 is 5.97 Å². The molecule has 0 aliphatic carbocycles. The number of carbonyl (C=O) groups is 1. The summed E-state index contributed by atoms with van der Waals surface area (Å²) in [7, 11) is 6.91. The Morgan fingerprint density at radius 3 is 2.47 bits per heavy atom. The molecule has 1 atom stereocenters. The summed E-state index contributed by atoms with van der Waals surface area (Å²) in [5, 5.41) is 8.74. The maximum atomic E-state index is 10.7. The van der Waals surface area contributed by atoms with Crippen molar-refractivity contribution < 1.29 is 19.4 Å². The first kappa shape index (κ1) is 15.0. The van der Waals surface area contributed by atoms with Gasteiger partial charge in [-0.1, -0.05) is 6.08 Å². The van der Waals surface area contributed by atoms with Crippen LogP contribution in [-0.4, -0.2) is 44.3 Å². The number of hydrogen-bond acceptors (Lipinski definition) is 4. The second kappa shape index (κ2) is 6.80. The highest BCUT2D eigenvalue weighted by atomic mass is 16.5. The van der Waals surface area contributed by atoms with Gasteiger partial charge in [-0.05, 0) is 26.2 Å². The molecular weight excluding hydrogens is 246 g/mol. The van der Waals surface area contributed by atoms with Crippen molar-refractivity contribution in [1.82, 2.24) is 4.90 Å². The largest absolute Gasteiger partial charge is 0.497 e. The Labute approximate surface area is 113 Å². The molecule has 5 nitrogen and oxygen atoms in total. The van der Waals surface area contributed by atoms with Crippen LogP contribution in [0, 0.1) is 0 Å². The molecule has 1 unspecified atom stereocenters. The monoisotopic (exact) mass is 265 g/mol. The molecule has 19 heavy (non-hydrogen) atoms. The lowest BCUT2D eigenvalue weighted by Crippen LogP contribution is -2.19. The van der Waals surface area contributed by atoms with E-state index in [0.717, 1.165) is 11.6 Å². The second-order valence-electron chi connectivity index (χ2n) is 4.21. The molecule has 0 aliphatic rings. The number of carboxylic acid groups (broad SMARTS) is 1. The van der Waals surface area contributed by atoms with Crippen LogP contribution in [0.3, 0.4) is 0 Å². The van der Waals surface area contributed by atoms with Gasteiger partial charge < -0.3 is 14.6 Å². The van der Waals surface area contributed by atoms with Crippen LogP contribution in [0.15, 0.2) is 30.4 Å². The van der Waals surface area contributed by atoms with E-state index in [0.29, 0.717) is 11.5 Å². The third-order valence-electron chi connectivity index (χ3n) is 2.74. The lowest BCUT2D eigenvalue weighted by molar-refractivity contribution is -0.131. The maximum absolute atomic E-state index is 10.7. The molecule has 5 heteroatoms. The van der Waals surface area contributed by atoms with Gasteiger partial charge in [0.05, 0.1) is 20.3 Å². The third kappa shape index (κ3) is 3.99. The molecule has 1 aromatic rings. The lowest BCUT2D eigenvalue weighted by Gasteiger charge is -2.23. The Kier molecular flexibility index (Phi) is 5.38. The van der Waals surface area contributed by atoms with Gasteiger partial charge in [-0.2, -0.15) is 0 Å². The number of rotatable bonds is 6. The van der Waals surface area contributed by atoms with Crippen molar-refractivity contribution in [1.29, 1.82) is 0 Å². The van der Waals surface area contributed by atoms with Crippen molar-refractivity contribution in [3.63, 3.8) is 0 Å². The molecule has 0 aromatic heterocycles. The molecule has 0 spiro atoms. The minimum absolute atomic E-state index is 0.183. The summed E-state index contributed by atoms with van der Waals surface area (Å²) in [6, 6.07) is 5.29. The van der Waals surface area contributed by atoms with Crippen LogP contribution < -0.4 is 9.47 Å². The summed E-state index contributed by atoms with van der Waals surface area (Å²) >= 11 is 0. The van der Waals surface area contributed by atoms with E-state index in [1.807, 2.05) is 31.1 Å². The summed E-state index contributed by atoms with van der Waals surface area (Å²) in [6.07, 6.45) is 2.75. The molecule has 1 rings (SSSR count). The van der Waals surface area contributed by atoms with Gasteiger partial charge in [-0.3, -0.25) is 4.90 Å². The minimum atomic E-state index is -0.973. The second-order valence-corrected chi connectivity index (χ2v) is 4.21. The molecule has 0 heterocycles. The SMILES string of the molecule is COc1ccc(C(/C=C/C(=O)O)N(C)C)c(OC)c1. The molecule has 0 saturated heterocycles. The van der Waals surface area contributed by atoms with Crippen molar-refractivity contribution in [2.45, 2.75) is 6.04 Å². The number of ether oxygens (including phenoxy) is 2. The molecule has 0 radical (unpaired) electrons. The smallest absolute Gasteiger partial charge is 0.328 e. The van der Waals surface area contributed by atoms with Crippen molar-refractivity contribution in [3.05, 3.63) is 35.9 Å². The number of likely N-dealkylation sites (N-methyl/N-ethyl adjacent to an activating group) is 1. The van der Waals surface area contributed by atoms with Crippen LogP contribution in [0.5, 0.6) is 11.5 Å². The van der Waals surface area contributed by atoms with E-state index in [1.165, 1.54) is 0 Å². The van der Waals surface area contributed by atoms with E-state index in [2.05, 4.69) is 0 Å². The summed E-state index contributed by atoms with van der Waals surface area (Å²) in [5.41, 5.74) is 0.880. The lowest BCUT2D eigenvalue weighted by atomic mass is 10.0. The van der Waals surface area contributed by atoms with Crippen molar-refractivity contribution in [2.75, 3.05) is 28.3 Å². The van der Waals surface area contributed by atoms with Crippen LogP contribution in [0.1, 0.15) is 11.6 Å². The van der Waals surface area contributed by atoms with E-state index in [9.17, 15) is 4.79 Å². The Morgan fingerprint density at radius 1 is 1.32 bits per heavy atom. The molecule has 0 aliphatic heterocycles. The molecule has 1 N–H and O–H groups in total. The molecular formula is C14H19NO4. The molecule has 0 amide bonds. The normalized spacial score (nSPS) is 12.7. The predicted octanol–water partition coefficient (Wildman–Crippen LogP) is 1.95. The highest BCUT2D eigenvalue weighted by Gasteiger charge is 2.16. The molecule has 104 valence electrons. The standard InChI is InChI=1S/C14H19NO4/c1-15(2)12(7-8-14(16)17)11-6-5-10(18-3)9-13(11)19-4/h5-9,12H,1-4H3,(H,16,17)/b8-7+. The topological polar surface area (TPSA) is 59.0 Å². The zero-order valence-corrected chi connectivity index (χ0v) is 11.6. The number of carboxylic acids is 1. The van der Waals surface area contributed by atoms with Gasteiger partial charge in [0, 0.05) is 17.7 Å². The van der Waals surface area contributed by atoms with Gasteiger partial charge in [0.15, 0.2) is 0 Å². The Morgan fingerprint density at radius 2 is 2.00 bits per heavy atom. The van der Waals surface area contributed by atoms with Gasteiger partial charge in [0.25, 0.3) is 0 Å². The fraction of sp³-hybridized carbons (Fsp3) is 0.357. The Hall–Kier alpha value is -2.01. The maximum Gasteiger partial charge on any atom is 0.328 e. The van der Waals surface area contributed by atoms with Gasteiger partial charge in [-0.15, -0.1) is 0 Å². The zero-order valence-electron chi connectivity index (χ0n) is 11.6. The van der Waals surface area contributed by atoms with Crippen molar-refractivity contribution in [3.8, 4) is 11.5 Å². The van der Waals surface area contributed by atoms with Gasteiger partial charge in [0.1, 0.15) is 11.5 Å². The van der Waals surface area contributed by atoms with Crippen LogP contribution in [-0.2, 0) is 4.79 Å². The van der Waals surface area contributed by atoms with Crippen molar-refractivity contribution >= 4 is 5.97 Å². The average molecular weight is 265 g/mol. The first-order valence-corrected chi connectivity index (χ1v) is 5.79. The van der Waals surface area contributed by atoms with Crippen LogP contribution >= 0.6 is 0 Å². The molecule has 0 saturated carbocycles. The first-order valence-electron chi connectivity index (χ1n) is 5.79. The van der Waals surface area contributed by atoms with Gasteiger partial charge in [0.2, 0.25) is 0 Å². The number of aliphatic carboxylic acids is 1. The average Bonchev–Trinajstić information content (AvgIpc) is 2.38. The predicted molar refractivity (Wildman–Crippen MR) is 72.7 cm³/mol. The third-order valence-corrected chi connectivity index (χ3v) is 2.74. The Balaban J connectivity index is 3.18. The number of methoxy groups -OCH3 is 2. The summed E-state index contributed by atoms with van der Waals surface area (Å²) in [6.45, 7) is 0. The fourth-order valence-electron chi connectivity index (χ4n) is 1.79. The highest BCUT2D eigenvalue weighted by Crippen LogP contribution is 2.32. The summed E-state index contributed by atoms with van der Waals surface area (Å²) < 4.78 is 10.5. The van der Waals surface area contributed by atoms with E-state index >= 15 is 0 Å². The highest BCUT2D eigenvalue weighted by molar-refractivity contribution is 5.79. The van der Waals surface area contributed by atoms with Crippen LogP contribution in [0.25, 0.3) is 0 Å². The summed E-state index contributed by atoms with van der Waals surface area (Å²) in [5.74, 6) is 0.382. The first-order chi connectivity index (χ1) is 8.99. The Bertz CT molecular complexity index is 469. The van der Waals surface area contributed by atoms with Crippen molar-refractivity contribution in [2.24, 2.45) is 0 Å². The minimum Gasteiger partial charge on any atom is -0.497 e.